The molecule has 0 aliphatic heterocycles. The second-order valence-electron chi connectivity index (χ2n) is 5.33. The van der Waals surface area contributed by atoms with Crippen molar-refractivity contribution < 1.29 is 4.79 Å². The number of aromatic nitrogens is 2. The Labute approximate surface area is 121 Å². The molecule has 0 amide bonds. The van der Waals surface area contributed by atoms with E-state index in [-0.39, 0.29) is 5.78 Å². The van der Waals surface area contributed by atoms with Gasteiger partial charge in [0.25, 0.3) is 0 Å². The van der Waals surface area contributed by atoms with E-state index in [1.165, 1.54) is 0 Å². The molecule has 0 N–H and O–H groups in total. The molecule has 1 aromatic carbocycles. The van der Waals surface area contributed by atoms with Crippen LogP contribution in [0.2, 0.25) is 0 Å². The number of carbonyl (C=O) groups excluding carboxylic acids is 1. The summed E-state index contributed by atoms with van der Waals surface area (Å²) in [5.74, 6) is 0.0713. The second kappa shape index (κ2) is 4.16. The number of nitrogens with zero attached hydrogens (tertiary/aromatic N) is 2. The Morgan fingerprint density at radius 1 is 1.05 bits per heavy atom. The Morgan fingerprint density at radius 3 is 2.62 bits per heavy atom. The van der Waals surface area contributed by atoms with E-state index in [2.05, 4.69) is 0 Å². The molecule has 4 rings (SSSR count). The van der Waals surface area contributed by atoms with Crippen LogP contribution in [0, 0.1) is 6.92 Å². The van der Waals surface area contributed by atoms with Crippen molar-refractivity contribution in [1.29, 1.82) is 0 Å². The first-order chi connectivity index (χ1) is 10.2. The molecule has 0 bridgehead atoms. The zero-order valence-electron chi connectivity index (χ0n) is 11.9. The van der Waals surface area contributed by atoms with Crippen LogP contribution in [0.5, 0.6) is 0 Å². The zero-order chi connectivity index (χ0) is 14.6. The van der Waals surface area contributed by atoms with Gasteiger partial charge in [-0.25, -0.2) is 0 Å². The first kappa shape index (κ1) is 12.1. The van der Waals surface area contributed by atoms with Crippen molar-refractivity contribution in [3.05, 3.63) is 60.0 Å². The van der Waals surface area contributed by atoms with E-state index >= 15 is 0 Å². The monoisotopic (exact) mass is 274 g/mol. The standard InChI is InChI=1S/C18H14N2O/c1-11-16-15-9-5-6-10-20(15)18(12(2)21)17(16)13-7-3-4-8-14(13)19-11/h3-10H,1-2H3. The molecule has 0 aliphatic rings. The summed E-state index contributed by atoms with van der Waals surface area (Å²) in [6.45, 7) is 3.63. The number of Topliss-reactive ketones (excluding diaryl/α,β-unsaturated/α-hetero) is 1. The predicted octanol–water partition coefficient (Wildman–Crippen LogP) is 4.15. The Morgan fingerprint density at radius 2 is 1.81 bits per heavy atom. The maximum Gasteiger partial charge on any atom is 0.177 e. The first-order valence-electron chi connectivity index (χ1n) is 6.97. The van der Waals surface area contributed by atoms with E-state index in [4.69, 9.17) is 4.98 Å². The molecule has 0 unspecified atom stereocenters. The van der Waals surface area contributed by atoms with Crippen molar-refractivity contribution in [1.82, 2.24) is 9.38 Å². The van der Waals surface area contributed by atoms with Crippen molar-refractivity contribution in [2.45, 2.75) is 13.8 Å². The van der Waals surface area contributed by atoms with E-state index in [9.17, 15) is 4.79 Å². The molecule has 4 aromatic rings. The van der Waals surface area contributed by atoms with Crippen LogP contribution in [0.15, 0.2) is 48.7 Å². The minimum atomic E-state index is 0.0713. The molecule has 21 heavy (non-hydrogen) atoms. The number of fused-ring (bicyclic) bond motifs is 5. The van der Waals surface area contributed by atoms with Crippen molar-refractivity contribution in [3.63, 3.8) is 0 Å². The SMILES string of the molecule is CC(=O)c1c2c3ccccc3nc(C)c2c2ccccn12. The summed E-state index contributed by atoms with van der Waals surface area (Å²) in [5, 5.41) is 3.11. The number of hydrogen-bond acceptors (Lipinski definition) is 2. The van der Waals surface area contributed by atoms with Gasteiger partial charge in [-0.05, 0) is 25.1 Å². The molecule has 0 radical (unpaired) electrons. The molecule has 3 nitrogen and oxygen atoms in total. The fraction of sp³-hybridized carbons (Fsp3) is 0.111. The molecule has 3 heterocycles. The van der Waals surface area contributed by atoms with Gasteiger partial charge in [-0.2, -0.15) is 0 Å². The Bertz CT molecular complexity index is 1030. The quantitative estimate of drug-likeness (QED) is 0.489. The summed E-state index contributed by atoms with van der Waals surface area (Å²) in [4.78, 5) is 17.0. The molecular formula is C18H14N2O. The summed E-state index contributed by atoms with van der Waals surface area (Å²) in [7, 11) is 0. The van der Waals surface area contributed by atoms with Gasteiger partial charge >= 0.3 is 0 Å². The molecule has 0 spiro atoms. The Balaban J connectivity index is 2.44. The molecule has 0 fully saturated rings. The zero-order valence-corrected chi connectivity index (χ0v) is 11.9. The van der Waals surface area contributed by atoms with Gasteiger partial charge in [-0.15, -0.1) is 0 Å². The largest absolute Gasteiger partial charge is 0.313 e. The second-order valence-corrected chi connectivity index (χ2v) is 5.33. The molecular weight excluding hydrogens is 260 g/mol. The number of rotatable bonds is 1. The molecule has 0 aliphatic carbocycles. The van der Waals surface area contributed by atoms with E-state index in [0.717, 1.165) is 38.6 Å². The minimum absolute atomic E-state index is 0.0713. The molecule has 0 atom stereocenters. The highest BCUT2D eigenvalue weighted by Gasteiger charge is 2.19. The third-order valence-corrected chi connectivity index (χ3v) is 4.00. The molecule has 0 saturated carbocycles. The minimum Gasteiger partial charge on any atom is -0.313 e. The highest BCUT2D eigenvalue weighted by atomic mass is 16.1. The maximum absolute atomic E-state index is 12.2. The van der Waals surface area contributed by atoms with Gasteiger partial charge in [-0.3, -0.25) is 9.78 Å². The summed E-state index contributed by atoms with van der Waals surface area (Å²) in [6, 6.07) is 14.0. The fourth-order valence-electron chi connectivity index (χ4n) is 3.20. The highest BCUT2D eigenvalue weighted by molar-refractivity contribution is 6.21. The van der Waals surface area contributed by atoms with Crippen molar-refractivity contribution in [3.8, 4) is 0 Å². The average molecular weight is 274 g/mol. The number of aryl methyl sites for hydroxylation is 1. The normalized spacial score (nSPS) is 11.5. The Hall–Kier alpha value is -2.68. The van der Waals surface area contributed by atoms with Gasteiger partial charge in [0.1, 0.15) is 0 Å². The van der Waals surface area contributed by atoms with Crippen LogP contribution >= 0.6 is 0 Å². The van der Waals surface area contributed by atoms with Gasteiger partial charge in [0.2, 0.25) is 0 Å². The fourth-order valence-corrected chi connectivity index (χ4v) is 3.20. The van der Waals surface area contributed by atoms with Gasteiger partial charge in [-0.1, -0.05) is 24.3 Å². The van der Waals surface area contributed by atoms with Crippen LogP contribution in [0.3, 0.4) is 0 Å². The van der Waals surface area contributed by atoms with Crippen LogP contribution in [0.1, 0.15) is 23.1 Å². The number of hydrogen-bond donors (Lipinski definition) is 0. The van der Waals surface area contributed by atoms with Crippen LogP contribution in [-0.4, -0.2) is 15.2 Å². The lowest BCUT2D eigenvalue weighted by Crippen LogP contribution is -1.98. The smallest absolute Gasteiger partial charge is 0.177 e. The molecule has 3 heteroatoms. The van der Waals surface area contributed by atoms with Gasteiger partial charge in [0.05, 0.1) is 16.7 Å². The summed E-state index contributed by atoms with van der Waals surface area (Å²) in [5.41, 5.74) is 3.66. The molecule has 102 valence electrons. The van der Waals surface area contributed by atoms with E-state index in [0.29, 0.717) is 0 Å². The van der Waals surface area contributed by atoms with Crippen molar-refractivity contribution in [2.75, 3.05) is 0 Å². The first-order valence-corrected chi connectivity index (χ1v) is 6.97. The highest BCUT2D eigenvalue weighted by Crippen LogP contribution is 2.34. The number of carbonyl (C=O) groups is 1. The van der Waals surface area contributed by atoms with E-state index < -0.39 is 0 Å². The third-order valence-electron chi connectivity index (χ3n) is 4.00. The lowest BCUT2D eigenvalue weighted by Gasteiger charge is -2.03. The van der Waals surface area contributed by atoms with Crippen LogP contribution in [0.25, 0.3) is 27.2 Å². The van der Waals surface area contributed by atoms with Crippen molar-refractivity contribution in [2.24, 2.45) is 0 Å². The summed E-state index contributed by atoms with van der Waals surface area (Å²) < 4.78 is 1.98. The topological polar surface area (TPSA) is 34.4 Å². The summed E-state index contributed by atoms with van der Waals surface area (Å²) in [6.07, 6.45) is 1.94. The lowest BCUT2D eigenvalue weighted by molar-refractivity contribution is 0.101. The summed E-state index contributed by atoms with van der Waals surface area (Å²) >= 11 is 0. The average Bonchev–Trinajstić information content (AvgIpc) is 2.83. The predicted molar refractivity (Wildman–Crippen MR) is 84.9 cm³/mol. The number of ketones is 1. The lowest BCUT2D eigenvalue weighted by atomic mass is 10.0. The van der Waals surface area contributed by atoms with Crippen molar-refractivity contribution >= 4 is 33.0 Å². The van der Waals surface area contributed by atoms with Crippen LogP contribution < -0.4 is 0 Å². The van der Waals surface area contributed by atoms with Gasteiger partial charge < -0.3 is 4.40 Å². The van der Waals surface area contributed by atoms with Crippen LogP contribution in [0.4, 0.5) is 0 Å². The van der Waals surface area contributed by atoms with Gasteiger partial charge in [0.15, 0.2) is 5.78 Å². The van der Waals surface area contributed by atoms with Crippen LogP contribution in [-0.2, 0) is 0 Å². The number of para-hydroxylation sites is 1. The number of pyridine rings is 2. The molecule has 3 aromatic heterocycles. The van der Waals surface area contributed by atoms with E-state index in [1.807, 2.05) is 60.0 Å². The Kier molecular flexibility index (Phi) is 2.39. The number of benzene rings is 1. The third kappa shape index (κ3) is 1.54. The maximum atomic E-state index is 12.2. The molecule has 0 saturated heterocycles. The van der Waals surface area contributed by atoms with E-state index in [1.54, 1.807) is 6.92 Å². The van der Waals surface area contributed by atoms with Gasteiger partial charge in [0, 0.05) is 35.0 Å².